The second kappa shape index (κ2) is 6.43. The predicted molar refractivity (Wildman–Crippen MR) is 99.5 cm³/mol. The number of ether oxygens (including phenoxy) is 1. The highest BCUT2D eigenvalue weighted by atomic mass is 35.5. The van der Waals surface area contributed by atoms with Crippen LogP contribution < -0.4 is 10.5 Å². The zero-order chi connectivity index (χ0) is 17.7. The maximum absolute atomic E-state index is 6.33. The minimum Gasteiger partial charge on any atom is -0.492 e. The summed E-state index contributed by atoms with van der Waals surface area (Å²) in [5.41, 5.74) is 8.44. The van der Waals surface area contributed by atoms with Crippen LogP contribution >= 0.6 is 11.6 Å². The standard InChI is InChI=1S/C19H23ClN4O2/c20-15-10-14(17-13(16(15)21)2-1-9-25-17)19-23-22-18(26-19)11-5-7-24(8-6-11)12-3-4-12/h10-12H,1-9,21H2. The molecule has 1 aliphatic carbocycles. The molecule has 0 bridgehead atoms. The van der Waals surface area contributed by atoms with Crippen LogP contribution in [0.15, 0.2) is 10.5 Å². The van der Waals surface area contributed by atoms with Crippen LogP contribution in [0.4, 0.5) is 5.69 Å². The lowest BCUT2D eigenvalue weighted by atomic mass is 9.97. The van der Waals surface area contributed by atoms with E-state index in [4.69, 9.17) is 26.5 Å². The lowest BCUT2D eigenvalue weighted by Crippen LogP contribution is -2.34. The quantitative estimate of drug-likeness (QED) is 0.826. The number of hydrogen-bond donors (Lipinski definition) is 1. The molecule has 1 saturated carbocycles. The first-order valence-corrected chi connectivity index (χ1v) is 9.90. The van der Waals surface area contributed by atoms with Crippen molar-refractivity contribution < 1.29 is 9.15 Å². The molecule has 2 aromatic rings. The summed E-state index contributed by atoms with van der Waals surface area (Å²) in [7, 11) is 0. The molecule has 1 saturated heterocycles. The first kappa shape index (κ1) is 16.4. The molecule has 0 unspecified atom stereocenters. The van der Waals surface area contributed by atoms with Crippen molar-refractivity contribution in [3.8, 4) is 17.2 Å². The number of nitrogens with two attached hydrogens (primary N) is 1. The predicted octanol–water partition coefficient (Wildman–Crippen LogP) is 3.64. The Morgan fingerprint density at radius 3 is 2.73 bits per heavy atom. The molecule has 26 heavy (non-hydrogen) atoms. The average Bonchev–Trinajstić information content (AvgIpc) is 3.42. The Morgan fingerprint density at radius 1 is 1.15 bits per heavy atom. The van der Waals surface area contributed by atoms with Crippen molar-refractivity contribution in [1.82, 2.24) is 15.1 Å². The fourth-order valence-corrected chi connectivity index (χ4v) is 4.38. The number of rotatable bonds is 3. The van der Waals surface area contributed by atoms with Gasteiger partial charge in [0, 0.05) is 17.5 Å². The third-order valence-electron chi connectivity index (χ3n) is 5.80. The van der Waals surface area contributed by atoms with E-state index < -0.39 is 0 Å². The molecular formula is C19H23ClN4O2. The molecule has 6 nitrogen and oxygen atoms in total. The highest BCUT2D eigenvalue weighted by Gasteiger charge is 2.34. The van der Waals surface area contributed by atoms with Crippen molar-refractivity contribution in [1.29, 1.82) is 0 Å². The number of piperidine rings is 1. The summed E-state index contributed by atoms with van der Waals surface area (Å²) in [6.07, 6.45) is 6.67. The minimum atomic E-state index is 0.340. The summed E-state index contributed by atoms with van der Waals surface area (Å²) in [4.78, 5) is 2.59. The van der Waals surface area contributed by atoms with Crippen LogP contribution in [0, 0.1) is 0 Å². The number of likely N-dealkylation sites (tertiary alicyclic amines) is 1. The summed E-state index contributed by atoms with van der Waals surface area (Å²) in [6.45, 7) is 2.92. The molecule has 0 radical (unpaired) electrons. The van der Waals surface area contributed by atoms with Gasteiger partial charge in [-0.2, -0.15) is 0 Å². The van der Waals surface area contributed by atoms with Crippen molar-refractivity contribution in [2.24, 2.45) is 0 Å². The van der Waals surface area contributed by atoms with Crippen LogP contribution in [0.2, 0.25) is 5.02 Å². The zero-order valence-electron chi connectivity index (χ0n) is 14.7. The van der Waals surface area contributed by atoms with Gasteiger partial charge in [-0.15, -0.1) is 10.2 Å². The lowest BCUT2D eigenvalue weighted by Gasteiger charge is -2.30. The smallest absolute Gasteiger partial charge is 0.251 e. The Labute approximate surface area is 157 Å². The fraction of sp³-hybridized carbons (Fsp3) is 0.579. The number of halogens is 1. The van der Waals surface area contributed by atoms with Gasteiger partial charge in [0.25, 0.3) is 5.89 Å². The molecule has 2 aliphatic heterocycles. The molecule has 0 atom stereocenters. The van der Waals surface area contributed by atoms with Crippen LogP contribution in [-0.2, 0) is 6.42 Å². The molecule has 7 heteroatoms. The van der Waals surface area contributed by atoms with Crippen LogP contribution in [0.25, 0.3) is 11.5 Å². The molecule has 3 aliphatic rings. The number of aromatic nitrogens is 2. The first-order chi connectivity index (χ1) is 12.7. The number of hydrogen-bond acceptors (Lipinski definition) is 6. The van der Waals surface area contributed by atoms with Crippen molar-refractivity contribution in [2.75, 3.05) is 25.4 Å². The van der Waals surface area contributed by atoms with Crippen LogP contribution in [-0.4, -0.2) is 40.8 Å². The maximum atomic E-state index is 6.33. The first-order valence-electron chi connectivity index (χ1n) is 9.52. The van der Waals surface area contributed by atoms with Gasteiger partial charge in [0.05, 0.1) is 22.9 Å². The second-order valence-corrected chi connectivity index (χ2v) is 7.97. The summed E-state index contributed by atoms with van der Waals surface area (Å²) in [6, 6.07) is 2.61. The van der Waals surface area contributed by atoms with Crippen molar-refractivity contribution in [3.63, 3.8) is 0 Å². The average molecular weight is 375 g/mol. The van der Waals surface area contributed by atoms with E-state index in [1.165, 1.54) is 12.8 Å². The van der Waals surface area contributed by atoms with Crippen LogP contribution in [0.1, 0.15) is 49.5 Å². The van der Waals surface area contributed by atoms with E-state index in [1.807, 2.05) is 0 Å². The Balaban J connectivity index is 1.41. The summed E-state index contributed by atoms with van der Waals surface area (Å²) < 4.78 is 11.9. The lowest BCUT2D eigenvalue weighted by molar-refractivity contribution is 0.192. The number of fused-ring (bicyclic) bond motifs is 1. The Hall–Kier alpha value is -1.79. The topological polar surface area (TPSA) is 77.4 Å². The van der Waals surface area contributed by atoms with Gasteiger partial charge in [0.2, 0.25) is 5.89 Å². The minimum absolute atomic E-state index is 0.340. The van der Waals surface area contributed by atoms with Crippen LogP contribution in [0.3, 0.4) is 0 Å². The van der Waals surface area contributed by atoms with E-state index in [1.54, 1.807) is 6.07 Å². The molecule has 2 fully saturated rings. The van der Waals surface area contributed by atoms with E-state index in [9.17, 15) is 0 Å². The highest BCUT2D eigenvalue weighted by molar-refractivity contribution is 6.33. The van der Waals surface area contributed by atoms with Crippen LogP contribution in [0.5, 0.6) is 5.75 Å². The van der Waals surface area contributed by atoms with Crippen molar-refractivity contribution in [2.45, 2.75) is 50.5 Å². The van der Waals surface area contributed by atoms with E-state index in [-0.39, 0.29) is 0 Å². The highest BCUT2D eigenvalue weighted by Crippen LogP contribution is 2.43. The van der Waals surface area contributed by atoms with Gasteiger partial charge in [-0.25, -0.2) is 0 Å². The zero-order valence-corrected chi connectivity index (χ0v) is 15.5. The SMILES string of the molecule is Nc1c(Cl)cc(-c2nnc(C3CCN(C4CC4)CC3)o2)c2c1CCCO2. The Bertz CT molecular complexity index is 825. The molecule has 1 aromatic carbocycles. The Morgan fingerprint density at radius 2 is 1.96 bits per heavy atom. The van der Waals surface area contributed by atoms with Gasteiger partial charge < -0.3 is 19.8 Å². The van der Waals surface area contributed by atoms with Gasteiger partial charge >= 0.3 is 0 Å². The maximum Gasteiger partial charge on any atom is 0.251 e. The van der Waals surface area contributed by atoms with E-state index in [0.29, 0.717) is 29.1 Å². The van der Waals surface area contributed by atoms with Gasteiger partial charge in [-0.3, -0.25) is 0 Å². The third kappa shape index (κ3) is 2.85. The van der Waals surface area contributed by atoms with E-state index in [0.717, 1.165) is 67.6 Å². The normalized spacial score (nSPS) is 21.4. The Kier molecular flexibility index (Phi) is 4.05. The van der Waals surface area contributed by atoms with Gasteiger partial charge in [0.1, 0.15) is 5.75 Å². The largest absolute Gasteiger partial charge is 0.492 e. The summed E-state index contributed by atoms with van der Waals surface area (Å²) in [5, 5.41) is 9.15. The monoisotopic (exact) mass is 374 g/mol. The second-order valence-electron chi connectivity index (χ2n) is 7.57. The van der Waals surface area contributed by atoms with E-state index in [2.05, 4.69) is 15.1 Å². The van der Waals surface area contributed by atoms with E-state index >= 15 is 0 Å². The summed E-state index contributed by atoms with van der Waals surface area (Å²) in [5.74, 6) is 2.29. The molecule has 5 rings (SSSR count). The molecule has 2 N–H and O–H groups in total. The van der Waals surface area contributed by atoms with Gasteiger partial charge in [-0.1, -0.05) is 11.6 Å². The summed E-state index contributed by atoms with van der Waals surface area (Å²) >= 11 is 6.33. The van der Waals surface area contributed by atoms with Gasteiger partial charge in [-0.05, 0) is 57.7 Å². The number of benzene rings is 1. The molecular weight excluding hydrogens is 352 g/mol. The molecule has 0 spiro atoms. The van der Waals surface area contributed by atoms with Crippen molar-refractivity contribution >= 4 is 17.3 Å². The third-order valence-corrected chi connectivity index (χ3v) is 6.12. The number of anilines is 1. The molecule has 1 aromatic heterocycles. The molecule has 138 valence electrons. The molecule has 3 heterocycles. The number of nitrogens with zero attached hydrogens (tertiary/aromatic N) is 3. The van der Waals surface area contributed by atoms with Gasteiger partial charge in [0.15, 0.2) is 0 Å². The number of nitrogen functional groups attached to an aromatic ring is 1. The molecule has 0 amide bonds. The van der Waals surface area contributed by atoms with Crippen molar-refractivity contribution in [3.05, 3.63) is 22.5 Å². The fourth-order valence-electron chi connectivity index (χ4n) is 4.15.